The molecule has 0 heterocycles. The minimum Gasteiger partial charge on any atom is -0.471 e. The van der Waals surface area contributed by atoms with E-state index in [1.54, 1.807) is 11.8 Å². The molecule has 0 bridgehead atoms. The van der Waals surface area contributed by atoms with Crippen LogP contribution in [0.1, 0.15) is 16.4 Å². The van der Waals surface area contributed by atoms with Crippen molar-refractivity contribution in [2.24, 2.45) is 10.3 Å². The summed E-state index contributed by atoms with van der Waals surface area (Å²) in [6, 6.07) is 18.0. The van der Waals surface area contributed by atoms with Crippen LogP contribution in [0.5, 0.6) is 0 Å². The molecule has 0 aromatic heterocycles. The van der Waals surface area contributed by atoms with Gasteiger partial charge in [-0.05, 0) is 28.5 Å². The molecule has 0 amide bonds. The van der Waals surface area contributed by atoms with Crippen molar-refractivity contribution in [2.45, 2.75) is 5.25 Å². The zero-order valence-electron chi connectivity index (χ0n) is 11.1. The molecule has 4 nitrogen and oxygen atoms in total. The Morgan fingerprint density at radius 1 is 1.10 bits per heavy atom. The molecule has 2 aromatic rings. The first-order valence-electron chi connectivity index (χ1n) is 6.23. The topological polar surface area (TPSA) is 57.8 Å². The first-order valence-corrected chi connectivity index (χ1v) is 7.66. The number of hydrogen-bond donors (Lipinski definition) is 1. The Kier molecular flexibility index (Phi) is 6.24. The van der Waals surface area contributed by atoms with Gasteiger partial charge in [-0.25, -0.2) is 0 Å². The summed E-state index contributed by atoms with van der Waals surface area (Å²) in [5.74, 6) is 0.418. The van der Waals surface area contributed by atoms with Crippen molar-refractivity contribution in [1.29, 1.82) is 5.53 Å². The molecule has 1 unspecified atom stereocenters. The Bertz CT molecular complexity index is 590. The molecule has 0 radical (unpaired) electrons. The highest BCUT2D eigenvalue weighted by Gasteiger charge is 2.14. The molecule has 0 saturated carbocycles. The lowest BCUT2D eigenvalue weighted by Crippen LogP contribution is -1.99. The van der Waals surface area contributed by atoms with E-state index in [0.717, 1.165) is 10.6 Å². The molecule has 21 heavy (non-hydrogen) atoms. The van der Waals surface area contributed by atoms with Gasteiger partial charge in [0.1, 0.15) is 5.94 Å². The van der Waals surface area contributed by atoms with Gasteiger partial charge in [-0.15, -0.1) is 16.9 Å². The van der Waals surface area contributed by atoms with Crippen molar-refractivity contribution >= 4 is 29.8 Å². The van der Waals surface area contributed by atoms with E-state index in [-0.39, 0.29) is 5.25 Å². The third kappa shape index (κ3) is 4.88. The van der Waals surface area contributed by atoms with Gasteiger partial charge in [0.2, 0.25) is 0 Å². The van der Waals surface area contributed by atoms with Gasteiger partial charge >= 0.3 is 0 Å². The molecule has 6 heteroatoms. The Hall–Kier alpha value is -1.85. The highest BCUT2D eigenvalue weighted by atomic mass is 35.5. The SMILES string of the molecule is N=NN=COCSC(c1ccccc1)c1ccc(Cl)cc1. The monoisotopic (exact) mass is 319 g/mol. The molecule has 0 aliphatic heterocycles. The second-order valence-electron chi connectivity index (χ2n) is 4.11. The molecule has 1 N–H and O–H groups in total. The predicted octanol–water partition coefficient (Wildman–Crippen LogP) is 5.11. The maximum absolute atomic E-state index is 6.54. The average molecular weight is 320 g/mol. The van der Waals surface area contributed by atoms with Crippen molar-refractivity contribution in [3.05, 3.63) is 70.7 Å². The van der Waals surface area contributed by atoms with Crippen LogP contribution in [0.25, 0.3) is 0 Å². The lowest BCUT2D eigenvalue weighted by Gasteiger charge is -2.17. The van der Waals surface area contributed by atoms with Crippen molar-refractivity contribution in [2.75, 3.05) is 5.94 Å². The molecule has 1 atom stereocenters. The summed E-state index contributed by atoms with van der Waals surface area (Å²) in [7, 11) is 0. The Morgan fingerprint density at radius 2 is 1.76 bits per heavy atom. The van der Waals surface area contributed by atoms with E-state index in [9.17, 15) is 0 Å². The average Bonchev–Trinajstić information content (AvgIpc) is 2.53. The minimum absolute atomic E-state index is 0.143. The van der Waals surface area contributed by atoms with E-state index < -0.39 is 0 Å². The van der Waals surface area contributed by atoms with Crippen LogP contribution in [-0.2, 0) is 4.74 Å². The van der Waals surface area contributed by atoms with E-state index in [2.05, 4.69) is 22.5 Å². The first kappa shape index (κ1) is 15.5. The van der Waals surface area contributed by atoms with E-state index in [1.807, 2.05) is 42.5 Å². The van der Waals surface area contributed by atoms with Crippen LogP contribution in [0.2, 0.25) is 5.02 Å². The largest absolute Gasteiger partial charge is 0.471 e. The number of hydrogen-bond acceptors (Lipinski definition) is 4. The molecule has 0 aliphatic carbocycles. The molecule has 2 rings (SSSR count). The van der Waals surface area contributed by atoms with Crippen LogP contribution in [0.4, 0.5) is 0 Å². The number of rotatable bonds is 7. The van der Waals surface area contributed by atoms with Gasteiger partial charge in [-0.3, -0.25) is 0 Å². The molecular formula is C15H14ClN3OS. The molecule has 2 aromatic carbocycles. The summed E-state index contributed by atoms with van der Waals surface area (Å²) in [4.78, 5) is 0. The van der Waals surface area contributed by atoms with Crippen LogP contribution in [0, 0.1) is 5.53 Å². The zero-order valence-corrected chi connectivity index (χ0v) is 12.7. The summed E-state index contributed by atoms with van der Waals surface area (Å²) in [5, 5.41) is 7.05. The predicted molar refractivity (Wildman–Crippen MR) is 86.9 cm³/mol. The third-order valence-electron chi connectivity index (χ3n) is 2.76. The number of ether oxygens (including phenoxy) is 1. The highest BCUT2D eigenvalue weighted by Crippen LogP contribution is 2.35. The van der Waals surface area contributed by atoms with Gasteiger partial charge in [0.15, 0.2) is 6.40 Å². The third-order valence-corrected chi connectivity index (χ3v) is 4.16. The molecule has 0 spiro atoms. The molecular weight excluding hydrogens is 306 g/mol. The lowest BCUT2D eigenvalue weighted by molar-refractivity contribution is 0.397. The highest BCUT2D eigenvalue weighted by molar-refractivity contribution is 7.99. The van der Waals surface area contributed by atoms with Crippen LogP contribution >= 0.6 is 23.4 Å². The van der Waals surface area contributed by atoms with Gasteiger partial charge in [-0.2, -0.15) is 5.53 Å². The normalized spacial score (nSPS) is 12.2. The Labute approximate surface area is 132 Å². The number of nitrogens with zero attached hydrogens (tertiary/aromatic N) is 2. The quantitative estimate of drug-likeness (QED) is 0.192. The maximum atomic E-state index is 6.54. The second kappa shape index (κ2) is 8.44. The summed E-state index contributed by atoms with van der Waals surface area (Å²) in [6.07, 6.45) is 1.17. The number of thioether (sulfide) groups is 1. The fourth-order valence-electron chi connectivity index (χ4n) is 1.84. The van der Waals surface area contributed by atoms with Crippen LogP contribution in [0.15, 0.2) is 64.9 Å². The van der Waals surface area contributed by atoms with Gasteiger partial charge in [0, 0.05) is 5.02 Å². The fourth-order valence-corrected chi connectivity index (χ4v) is 2.95. The van der Waals surface area contributed by atoms with Crippen molar-refractivity contribution in [3.63, 3.8) is 0 Å². The minimum atomic E-state index is 0.143. The Balaban J connectivity index is 2.13. The summed E-state index contributed by atoms with van der Waals surface area (Å²) in [6.45, 7) is 0. The summed E-state index contributed by atoms with van der Waals surface area (Å²) >= 11 is 7.57. The molecule has 0 saturated heterocycles. The summed E-state index contributed by atoms with van der Waals surface area (Å²) < 4.78 is 5.20. The second-order valence-corrected chi connectivity index (χ2v) is 5.59. The van der Waals surface area contributed by atoms with Crippen LogP contribution < -0.4 is 0 Å². The van der Waals surface area contributed by atoms with E-state index in [0.29, 0.717) is 5.94 Å². The summed E-state index contributed by atoms with van der Waals surface area (Å²) in [5.41, 5.74) is 8.88. The first-order chi connectivity index (χ1) is 10.3. The number of nitrogens with one attached hydrogen (secondary N) is 1. The van der Waals surface area contributed by atoms with Crippen LogP contribution in [0.3, 0.4) is 0 Å². The van der Waals surface area contributed by atoms with Crippen LogP contribution in [-0.4, -0.2) is 12.3 Å². The standard InChI is InChI=1S/C15H14ClN3OS/c16-14-8-6-13(7-9-14)15(12-4-2-1-3-5-12)21-11-20-10-18-19-17/h1-10,15,17H,11H2. The maximum Gasteiger partial charge on any atom is 0.197 e. The zero-order chi connectivity index (χ0) is 14.9. The molecule has 0 fully saturated rings. The number of halogens is 1. The van der Waals surface area contributed by atoms with Crippen molar-refractivity contribution in [3.8, 4) is 0 Å². The van der Waals surface area contributed by atoms with Gasteiger partial charge in [0.25, 0.3) is 0 Å². The number of benzene rings is 2. The fraction of sp³-hybridized carbons (Fsp3) is 0.133. The molecule has 108 valence electrons. The van der Waals surface area contributed by atoms with Gasteiger partial charge in [-0.1, -0.05) is 54.1 Å². The lowest BCUT2D eigenvalue weighted by atomic mass is 10.0. The van der Waals surface area contributed by atoms with Crippen molar-refractivity contribution in [1.82, 2.24) is 0 Å². The van der Waals surface area contributed by atoms with Crippen molar-refractivity contribution < 1.29 is 4.74 Å². The smallest absolute Gasteiger partial charge is 0.197 e. The van der Waals surface area contributed by atoms with Gasteiger partial charge < -0.3 is 4.74 Å². The molecule has 0 aliphatic rings. The van der Waals surface area contributed by atoms with E-state index in [4.69, 9.17) is 21.9 Å². The van der Waals surface area contributed by atoms with E-state index >= 15 is 0 Å². The Morgan fingerprint density at radius 3 is 2.43 bits per heavy atom. The van der Waals surface area contributed by atoms with E-state index in [1.165, 1.54) is 12.0 Å². The van der Waals surface area contributed by atoms with Gasteiger partial charge in [0.05, 0.1) is 5.25 Å².